The van der Waals surface area contributed by atoms with E-state index in [4.69, 9.17) is 4.42 Å². The normalized spacial score (nSPS) is 10.6. The molecule has 0 N–H and O–H groups in total. The molecule has 0 aliphatic heterocycles. The topological polar surface area (TPSA) is 75.1 Å². The van der Waals surface area contributed by atoms with Crippen molar-refractivity contribution in [1.82, 2.24) is 9.78 Å². The van der Waals surface area contributed by atoms with Crippen LogP contribution >= 0.6 is 0 Å². The van der Waals surface area contributed by atoms with E-state index in [-0.39, 0.29) is 12.5 Å². The van der Waals surface area contributed by atoms with E-state index in [0.29, 0.717) is 18.0 Å². The fourth-order valence-corrected chi connectivity index (χ4v) is 3.03. The second kappa shape index (κ2) is 7.18. The highest BCUT2D eigenvalue weighted by molar-refractivity contribution is 5.94. The van der Waals surface area contributed by atoms with E-state index in [2.05, 4.69) is 11.2 Å². The molecule has 6 heteroatoms. The standard InChI is InChI=1S/C21H16N4O2/c22-13-19-18-10-4-5-11-20(18)25(23-19)15-21(26)24(14-17-9-6-12-27-17)16-7-2-1-3-8-16/h1-12H,14-15H2. The molecule has 1 amide bonds. The lowest BCUT2D eigenvalue weighted by molar-refractivity contribution is -0.119. The third-order valence-corrected chi connectivity index (χ3v) is 4.31. The first-order valence-electron chi connectivity index (χ1n) is 8.49. The van der Waals surface area contributed by atoms with Crippen LogP contribution in [0, 0.1) is 11.3 Å². The molecule has 4 rings (SSSR count). The Kier molecular flexibility index (Phi) is 4.42. The Morgan fingerprint density at radius 2 is 1.85 bits per heavy atom. The van der Waals surface area contributed by atoms with Crippen molar-refractivity contribution >= 4 is 22.5 Å². The van der Waals surface area contributed by atoms with Crippen LogP contribution in [-0.4, -0.2) is 15.7 Å². The van der Waals surface area contributed by atoms with Crippen LogP contribution in [0.5, 0.6) is 0 Å². The molecular weight excluding hydrogens is 340 g/mol. The molecule has 0 aliphatic carbocycles. The van der Waals surface area contributed by atoms with Crippen molar-refractivity contribution in [1.29, 1.82) is 5.26 Å². The van der Waals surface area contributed by atoms with Gasteiger partial charge in [-0.3, -0.25) is 9.48 Å². The molecule has 2 heterocycles. The number of carbonyl (C=O) groups is 1. The van der Waals surface area contributed by atoms with Crippen LogP contribution in [0.15, 0.2) is 77.4 Å². The minimum Gasteiger partial charge on any atom is -0.467 e. The Morgan fingerprint density at radius 3 is 2.59 bits per heavy atom. The van der Waals surface area contributed by atoms with Crippen LogP contribution in [0.4, 0.5) is 5.69 Å². The van der Waals surface area contributed by atoms with E-state index < -0.39 is 0 Å². The first-order valence-corrected chi connectivity index (χ1v) is 8.49. The maximum atomic E-state index is 13.1. The molecule has 0 saturated carbocycles. The number of fused-ring (bicyclic) bond motifs is 1. The monoisotopic (exact) mass is 356 g/mol. The van der Waals surface area contributed by atoms with Crippen molar-refractivity contribution in [3.63, 3.8) is 0 Å². The number of carbonyl (C=O) groups excluding carboxylic acids is 1. The van der Waals surface area contributed by atoms with Crippen molar-refractivity contribution in [2.75, 3.05) is 4.90 Å². The van der Waals surface area contributed by atoms with Gasteiger partial charge in [0.05, 0.1) is 18.3 Å². The summed E-state index contributed by atoms with van der Waals surface area (Å²) >= 11 is 0. The molecule has 2 aromatic carbocycles. The summed E-state index contributed by atoms with van der Waals surface area (Å²) in [6.07, 6.45) is 1.59. The molecule has 4 aromatic rings. The quantitative estimate of drug-likeness (QED) is 0.546. The summed E-state index contributed by atoms with van der Waals surface area (Å²) in [5.74, 6) is 0.547. The fraction of sp³-hybridized carbons (Fsp3) is 0.0952. The minimum absolute atomic E-state index is 0.0256. The number of amides is 1. The Labute approximate surface area is 155 Å². The predicted molar refractivity (Wildman–Crippen MR) is 101 cm³/mol. The van der Waals surface area contributed by atoms with Gasteiger partial charge in [-0.25, -0.2) is 0 Å². The third kappa shape index (κ3) is 3.31. The smallest absolute Gasteiger partial charge is 0.249 e. The van der Waals surface area contributed by atoms with Crippen molar-refractivity contribution in [2.24, 2.45) is 0 Å². The maximum absolute atomic E-state index is 13.1. The van der Waals surface area contributed by atoms with Gasteiger partial charge in [0.15, 0.2) is 5.69 Å². The van der Waals surface area contributed by atoms with Crippen molar-refractivity contribution in [3.8, 4) is 6.07 Å². The van der Waals surface area contributed by atoms with Crippen LogP contribution in [0.3, 0.4) is 0 Å². The van der Waals surface area contributed by atoms with Gasteiger partial charge in [-0.1, -0.05) is 30.3 Å². The van der Waals surface area contributed by atoms with Crippen LogP contribution < -0.4 is 4.90 Å². The van der Waals surface area contributed by atoms with Gasteiger partial charge >= 0.3 is 0 Å². The van der Waals surface area contributed by atoms with Gasteiger partial charge in [0.2, 0.25) is 5.91 Å². The number of rotatable bonds is 5. The van der Waals surface area contributed by atoms with Gasteiger partial charge in [-0.05, 0) is 36.4 Å². The Morgan fingerprint density at radius 1 is 1.07 bits per heavy atom. The molecular formula is C21H16N4O2. The zero-order valence-electron chi connectivity index (χ0n) is 14.4. The number of nitrogens with zero attached hydrogens (tertiary/aromatic N) is 4. The van der Waals surface area contributed by atoms with Gasteiger partial charge in [-0.2, -0.15) is 10.4 Å². The molecule has 2 aromatic heterocycles. The number of benzene rings is 2. The van der Waals surface area contributed by atoms with Crippen molar-refractivity contribution < 1.29 is 9.21 Å². The molecule has 132 valence electrons. The Bertz CT molecular complexity index is 1110. The average Bonchev–Trinajstić information content (AvgIpc) is 3.35. The highest BCUT2D eigenvalue weighted by Crippen LogP contribution is 2.21. The fourth-order valence-electron chi connectivity index (χ4n) is 3.03. The molecule has 0 unspecified atom stereocenters. The van der Waals surface area contributed by atoms with E-state index in [0.717, 1.165) is 16.6 Å². The molecule has 0 spiro atoms. The van der Waals surface area contributed by atoms with Gasteiger partial charge in [-0.15, -0.1) is 0 Å². The lowest BCUT2D eigenvalue weighted by Crippen LogP contribution is -2.33. The van der Waals surface area contributed by atoms with Gasteiger partial charge in [0.1, 0.15) is 18.4 Å². The summed E-state index contributed by atoms with van der Waals surface area (Å²) in [5, 5.41) is 14.4. The van der Waals surface area contributed by atoms with Gasteiger partial charge < -0.3 is 9.32 Å². The predicted octanol–water partition coefficient (Wildman–Crippen LogP) is 3.73. The lowest BCUT2D eigenvalue weighted by Gasteiger charge is -2.22. The van der Waals surface area contributed by atoms with Crippen molar-refractivity contribution in [2.45, 2.75) is 13.1 Å². The molecule has 0 bridgehead atoms. The van der Waals surface area contributed by atoms with Crippen molar-refractivity contribution in [3.05, 3.63) is 84.4 Å². The highest BCUT2D eigenvalue weighted by Gasteiger charge is 2.20. The highest BCUT2D eigenvalue weighted by atomic mass is 16.3. The third-order valence-electron chi connectivity index (χ3n) is 4.31. The number of hydrogen-bond donors (Lipinski definition) is 0. The summed E-state index contributed by atoms with van der Waals surface area (Å²) in [7, 11) is 0. The second-order valence-electron chi connectivity index (χ2n) is 6.03. The van der Waals surface area contributed by atoms with E-state index >= 15 is 0 Å². The largest absolute Gasteiger partial charge is 0.467 e. The van der Waals surface area contributed by atoms with Crippen LogP contribution in [0.1, 0.15) is 11.5 Å². The molecule has 0 fully saturated rings. The Balaban J connectivity index is 1.67. The molecule has 0 aliphatic rings. The summed E-state index contributed by atoms with van der Waals surface area (Å²) in [6.45, 7) is 0.345. The van der Waals surface area contributed by atoms with E-state index in [1.165, 1.54) is 0 Å². The average molecular weight is 356 g/mol. The number of hydrogen-bond acceptors (Lipinski definition) is 4. The number of anilines is 1. The van der Waals surface area contributed by atoms with Crippen LogP contribution in [0.2, 0.25) is 0 Å². The number of para-hydroxylation sites is 2. The Hall–Kier alpha value is -3.85. The lowest BCUT2D eigenvalue weighted by atomic mass is 10.2. The first kappa shape index (κ1) is 16.6. The van der Waals surface area contributed by atoms with Crippen LogP contribution in [0.25, 0.3) is 10.9 Å². The maximum Gasteiger partial charge on any atom is 0.249 e. The summed E-state index contributed by atoms with van der Waals surface area (Å²) in [6, 6.07) is 22.5. The van der Waals surface area contributed by atoms with Crippen LogP contribution in [-0.2, 0) is 17.9 Å². The first-order chi connectivity index (χ1) is 13.3. The van der Waals surface area contributed by atoms with Gasteiger partial charge in [0.25, 0.3) is 0 Å². The van der Waals surface area contributed by atoms with Gasteiger partial charge in [0, 0.05) is 11.1 Å². The molecule has 6 nitrogen and oxygen atoms in total. The van der Waals surface area contributed by atoms with E-state index in [1.807, 2.05) is 60.7 Å². The molecule has 0 atom stereocenters. The number of nitriles is 1. The molecule has 0 radical (unpaired) electrons. The summed E-state index contributed by atoms with van der Waals surface area (Å²) < 4.78 is 7.00. The second-order valence-corrected chi connectivity index (χ2v) is 6.03. The molecule has 27 heavy (non-hydrogen) atoms. The number of aromatic nitrogens is 2. The van der Waals surface area contributed by atoms with E-state index in [1.54, 1.807) is 21.9 Å². The van der Waals surface area contributed by atoms with E-state index in [9.17, 15) is 10.1 Å². The zero-order valence-corrected chi connectivity index (χ0v) is 14.4. The number of furan rings is 1. The molecule has 0 saturated heterocycles. The zero-order chi connectivity index (χ0) is 18.6. The SMILES string of the molecule is N#Cc1nn(CC(=O)N(Cc2ccco2)c2ccccc2)c2ccccc12. The summed E-state index contributed by atoms with van der Waals surface area (Å²) in [4.78, 5) is 14.8. The minimum atomic E-state index is -0.143. The summed E-state index contributed by atoms with van der Waals surface area (Å²) in [5.41, 5.74) is 1.85.